The van der Waals surface area contributed by atoms with Crippen LogP contribution in [0.1, 0.15) is 17.2 Å². The standard InChI is InChI=1S/C16H18FNO2/c1-18-16(9-11-4-3-5-12(19)8-11)14-7-6-13(20-2)10-15(14)17/h3-8,10,16,18-19H,9H2,1-2H3. The average molecular weight is 275 g/mol. The first-order valence-electron chi connectivity index (χ1n) is 6.42. The van der Waals surface area contributed by atoms with Crippen molar-refractivity contribution in [2.24, 2.45) is 0 Å². The molecule has 2 rings (SSSR count). The Morgan fingerprint density at radius 3 is 2.65 bits per heavy atom. The number of hydrogen-bond acceptors (Lipinski definition) is 3. The molecule has 0 aliphatic rings. The number of likely N-dealkylation sites (N-methyl/N-ethyl adjacent to an activating group) is 1. The fourth-order valence-corrected chi connectivity index (χ4v) is 2.20. The number of phenolic OH excluding ortho intramolecular Hbond substituents is 1. The van der Waals surface area contributed by atoms with Crippen molar-refractivity contribution in [1.82, 2.24) is 5.32 Å². The first-order valence-corrected chi connectivity index (χ1v) is 6.42. The van der Waals surface area contributed by atoms with Crippen molar-refractivity contribution in [3.05, 3.63) is 59.4 Å². The minimum absolute atomic E-state index is 0.164. The molecule has 3 nitrogen and oxygen atoms in total. The quantitative estimate of drug-likeness (QED) is 0.881. The monoisotopic (exact) mass is 275 g/mol. The molecule has 1 atom stereocenters. The van der Waals surface area contributed by atoms with Gasteiger partial charge in [0.25, 0.3) is 0 Å². The van der Waals surface area contributed by atoms with Crippen LogP contribution in [0.5, 0.6) is 11.5 Å². The minimum Gasteiger partial charge on any atom is -0.508 e. The van der Waals surface area contributed by atoms with Crippen molar-refractivity contribution < 1.29 is 14.2 Å². The molecule has 0 aliphatic carbocycles. The summed E-state index contributed by atoms with van der Waals surface area (Å²) in [5, 5.41) is 12.6. The fourth-order valence-electron chi connectivity index (χ4n) is 2.20. The number of hydrogen-bond donors (Lipinski definition) is 2. The summed E-state index contributed by atoms with van der Waals surface area (Å²) in [5.41, 5.74) is 1.52. The third-order valence-electron chi connectivity index (χ3n) is 3.28. The Kier molecular flexibility index (Phi) is 4.58. The summed E-state index contributed by atoms with van der Waals surface area (Å²) in [7, 11) is 3.30. The molecule has 0 amide bonds. The highest BCUT2D eigenvalue weighted by Crippen LogP contribution is 2.25. The predicted octanol–water partition coefficient (Wildman–Crippen LogP) is 3.04. The molecule has 20 heavy (non-hydrogen) atoms. The van der Waals surface area contributed by atoms with E-state index in [1.54, 1.807) is 37.4 Å². The molecule has 106 valence electrons. The molecule has 4 heteroatoms. The number of rotatable bonds is 5. The van der Waals surface area contributed by atoms with Gasteiger partial charge in [-0.3, -0.25) is 0 Å². The van der Waals surface area contributed by atoms with Crippen LogP contribution in [-0.4, -0.2) is 19.3 Å². The van der Waals surface area contributed by atoms with Crippen LogP contribution in [0.25, 0.3) is 0 Å². The maximum absolute atomic E-state index is 14.1. The Bertz CT molecular complexity index is 586. The van der Waals surface area contributed by atoms with Gasteiger partial charge in [0.2, 0.25) is 0 Å². The summed E-state index contributed by atoms with van der Waals surface area (Å²) in [6.45, 7) is 0. The first kappa shape index (κ1) is 14.3. The number of aromatic hydroxyl groups is 1. The number of phenols is 1. The van der Waals surface area contributed by atoms with Gasteiger partial charge in [-0.2, -0.15) is 0 Å². The lowest BCUT2D eigenvalue weighted by Gasteiger charge is -2.18. The molecule has 0 radical (unpaired) electrons. The van der Waals surface area contributed by atoms with Crippen molar-refractivity contribution >= 4 is 0 Å². The summed E-state index contributed by atoms with van der Waals surface area (Å²) < 4.78 is 19.1. The highest BCUT2D eigenvalue weighted by Gasteiger charge is 2.15. The van der Waals surface area contributed by atoms with E-state index in [9.17, 15) is 9.50 Å². The van der Waals surface area contributed by atoms with Gasteiger partial charge in [-0.15, -0.1) is 0 Å². The zero-order valence-electron chi connectivity index (χ0n) is 11.6. The first-order chi connectivity index (χ1) is 9.63. The van der Waals surface area contributed by atoms with Crippen LogP contribution in [0.2, 0.25) is 0 Å². The van der Waals surface area contributed by atoms with Gasteiger partial charge in [0.05, 0.1) is 7.11 Å². The summed E-state index contributed by atoms with van der Waals surface area (Å²) in [5.74, 6) is 0.412. The van der Waals surface area contributed by atoms with Crippen LogP contribution < -0.4 is 10.1 Å². The van der Waals surface area contributed by atoms with Gasteiger partial charge in [0.1, 0.15) is 17.3 Å². The molecule has 0 fully saturated rings. The molecular weight excluding hydrogens is 257 g/mol. The van der Waals surface area contributed by atoms with Crippen LogP contribution in [0.15, 0.2) is 42.5 Å². The lowest BCUT2D eigenvalue weighted by Crippen LogP contribution is -2.20. The zero-order valence-corrected chi connectivity index (χ0v) is 11.6. The summed E-state index contributed by atoms with van der Waals surface area (Å²) in [6.07, 6.45) is 0.591. The molecule has 2 N–H and O–H groups in total. The van der Waals surface area contributed by atoms with Gasteiger partial charge in [-0.25, -0.2) is 4.39 Å². The second-order valence-corrected chi connectivity index (χ2v) is 4.60. The molecule has 0 saturated heterocycles. The van der Waals surface area contributed by atoms with E-state index in [1.165, 1.54) is 13.2 Å². The largest absolute Gasteiger partial charge is 0.508 e. The van der Waals surface area contributed by atoms with Gasteiger partial charge in [0, 0.05) is 17.7 Å². The molecule has 0 bridgehead atoms. The molecule has 1 unspecified atom stereocenters. The van der Waals surface area contributed by atoms with Crippen LogP contribution in [0.4, 0.5) is 4.39 Å². The maximum Gasteiger partial charge on any atom is 0.131 e. The molecule has 0 aromatic heterocycles. The number of nitrogens with one attached hydrogen (secondary N) is 1. The lowest BCUT2D eigenvalue weighted by atomic mass is 9.98. The van der Waals surface area contributed by atoms with Gasteiger partial charge >= 0.3 is 0 Å². The summed E-state index contributed by atoms with van der Waals surface area (Å²) in [4.78, 5) is 0. The zero-order chi connectivity index (χ0) is 14.5. The van der Waals surface area contributed by atoms with Crippen LogP contribution >= 0.6 is 0 Å². The van der Waals surface area contributed by atoms with Crippen molar-refractivity contribution in [2.75, 3.05) is 14.2 Å². The maximum atomic E-state index is 14.1. The molecule has 2 aromatic carbocycles. The Labute approximate surface area is 118 Å². The van der Waals surface area contributed by atoms with Crippen LogP contribution in [0, 0.1) is 5.82 Å². The normalized spacial score (nSPS) is 12.2. The highest BCUT2D eigenvalue weighted by molar-refractivity contribution is 5.33. The van der Waals surface area contributed by atoms with E-state index < -0.39 is 0 Å². The Morgan fingerprint density at radius 1 is 1.25 bits per heavy atom. The van der Waals surface area contributed by atoms with Gasteiger partial charge in [0.15, 0.2) is 0 Å². The van der Waals surface area contributed by atoms with E-state index in [4.69, 9.17) is 4.74 Å². The van der Waals surface area contributed by atoms with Crippen LogP contribution in [-0.2, 0) is 6.42 Å². The van der Waals surface area contributed by atoms with E-state index in [0.717, 1.165) is 5.56 Å². The Morgan fingerprint density at radius 2 is 2.05 bits per heavy atom. The van der Waals surface area contributed by atoms with E-state index in [-0.39, 0.29) is 17.6 Å². The van der Waals surface area contributed by atoms with E-state index in [2.05, 4.69) is 5.32 Å². The van der Waals surface area contributed by atoms with Gasteiger partial charge in [-0.1, -0.05) is 18.2 Å². The molecule has 2 aromatic rings. The molecule has 0 spiro atoms. The van der Waals surface area contributed by atoms with Crippen molar-refractivity contribution in [2.45, 2.75) is 12.5 Å². The molecule has 0 aliphatic heterocycles. The summed E-state index contributed by atoms with van der Waals surface area (Å²) in [6, 6.07) is 11.7. The minimum atomic E-state index is -0.302. The third-order valence-corrected chi connectivity index (χ3v) is 3.28. The number of ether oxygens (including phenoxy) is 1. The van der Waals surface area contributed by atoms with E-state index in [1.807, 2.05) is 6.07 Å². The third kappa shape index (κ3) is 3.27. The van der Waals surface area contributed by atoms with Crippen molar-refractivity contribution in [1.29, 1.82) is 0 Å². The van der Waals surface area contributed by atoms with E-state index >= 15 is 0 Å². The van der Waals surface area contributed by atoms with Crippen LogP contribution in [0.3, 0.4) is 0 Å². The van der Waals surface area contributed by atoms with E-state index in [0.29, 0.717) is 17.7 Å². The number of halogens is 1. The Hall–Kier alpha value is -2.07. The lowest BCUT2D eigenvalue weighted by molar-refractivity contribution is 0.409. The number of methoxy groups -OCH3 is 1. The highest BCUT2D eigenvalue weighted by atomic mass is 19.1. The van der Waals surface area contributed by atoms with Gasteiger partial charge in [-0.05, 0) is 37.2 Å². The smallest absolute Gasteiger partial charge is 0.131 e. The molecular formula is C16H18FNO2. The topological polar surface area (TPSA) is 41.5 Å². The Balaban J connectivity index is 2.24. The predicted molar refractivity (Wildman–Crippen MR) is 76.6 cm³/mol. The molecule has 0 heterocycles. The van der Waals surface area contributed by atoms with Crippen molar-refractivity contribution in [3.63, 3.8) is 0 Å². The molecule has 0 saturated carbocycles. The number of benzene rings is 2. The second kappa shape index (κ2) is 6.39. The SMILES string of the molecule is CNC(Cc1cccc(O)c1)c1ccc(OC)cc1F. The van der Waals surface area contributed by atoms with Gasteiger partial charge < -0.3 is 15.2 Å². The fraction of sp³-hybridized carbons (Fsp3) is 0.250. The van der Waals surface area contributed by atoms with Crippen molar-refractivity contribution in [3.8, 4) is 11.5 Å². The second-order valence-electron chi connectivity index (χ2n) is 4.60. The average Bonchev–Trinajstić information content (AvgIpc) is 2.45. The summed E-state index contributed by atoms with van der Waals surface area (Å²) >= 11 is 0.